The van der Waals surface area contributed by atoms with Crippen LogP contribution in [-0.2, 0) is 4.74 Å². The van der Waals surface area contributed by atoms with E-state index in [1.54, 1.807) is 29.3 Å². The Morgan fingerprint density at radius 2 is 1.77 bits per heavy atom. The van der Waals surface area contributed by atoms with Crippen molar-refractivity contribution in [1.82, 2.24) is 14.9 Å². The van der Waals surface area contributed by atoms with Gasteiger partial charge in [0.25, 0.3) is 0 Å². The maximum atomic E-state index is 15.0. The largest absolute Gasteiger partial charge is 0.444 e. The minimum absolute atomic E-state index is 0.279. The van der Waals surface area contributed by atoms with E-state index in [1.807, 2.05) is 52.0 Å². The van der Waals surface area contributed by atoms with E-state index < -0.39 is 11.4 Å². The third-order valence-corrected chi connectivity index (χ3v) is 6.93. The summed E-state index contributed by atoms with van der Waals surface area (Å²) in [6.45, 7) is 9.65. The summed E-state index contributed by atoms with van der Waals surface area (Å²) in [6.07, 6.45) is 1.35. The number of amides is 1. The summed E-state index contributed by atoms with van der Waals surface area (Å²) in [5.74, 6) is 0.650. The van der Waals surface area contributed by atoms with E-state index in [9.17, 15) is 14.4 Å². The molecule has 9 heteroatoms. The van der Waals surface area contributed by atoms with Crippen LogP contribution in [0.1, 0.15) is 31.9 Å². The van der Waals surface area contributed by atoms with Gasteiger partial charge in [-0.1, -0.05) is 18.2 Å². The number of hydrogen-bond acceptors (Lipinski definition) is 7. The first-order chi connectivity index (χ1) is 19.1. The summed E-state index contributed by atoms with van der Waals surface area (Å²) in [5, 5.41) is 11.2. The predicted molar refractivity (Wildman–Crippen MR) is 154 cm³/mol. The Bertz CT molecular complexity index is 1630. The average Bonchev–Trinajstić information content (AvgIpc) is 2.92. The molecule has 1 aliphatic rings. The second-order valence-electron chi connectivity index (χ2n) is 10.9. The van der Waals surface area contributed by atoms with Crippen LogP contribution in [0.4, 0.5) is 20.8 Å². The fraction of sp³-hybridized carbons (Fsp3) is 0.290. The van der Waals surface area contributed by atoms with Gasteiger partial charge in [-0.05, 0) is 69.0 Å². The molecule has 1 fully saturated rings. The number of anilines is 2. The van der Waals surface area contributed by atoms with E-state index in [1.165, 1.54) is 6.07 Å². The van der Waals surface area contributed by atoms with Gasteiger partial charge in [-0.3, -0.25) is 0 Å². The summed E-state index contributed by atoms with van der Waals surface area (Å²) >= 11 is 0. The molecule has 8 nitrogen and oxygen atoms in total. The molecule has 2 N–H and O–H groups in total. The zero-order valence-electron chi connectivity index (χ0n) is 23.0. The molecular formula is C31H31FN6O2. The Labute approximate surface area is 232 Å². The third kappa shape index (κ3) is 5.25. The van der Waals surface area contributed by atoms with Gasteiger partial charge >= 0.3 is 6.09 Å². The molecule has 0 aliphatic carbocycles. The van der Waals surface area contributed by atoms with E-state index in [2.05, 4.69) is 16.0 Å². The van der Waals surface area contributed by atoms with Crippen molar-refractivity contribution in [3.8, 4) is 28.5 Å². The lowest BCUT2D eigenvalue weighted by Gasteiger charge is -2.36. The van der Waals surface area contributed by atoms with Crippen molar-refractivity contribution in [1.29, 1.82) is 5.26 Å². The first-order valence-electron chi connectivity index (χ1n) is 13.1. The number of aromatic nitrogens is 2. The van der Waals surface area contributed by atoms with Crippen LogP contribution in [0.15, 0.2) is 54.7 Å². The highest BCUT2D eigenvalue weighted by atomic mass is 19.1. The predicted octanol–water partition coefficient (Wildman–Crippen LogP) is 5.92. The zero-order chi connectivity index (χ0) is 28.6. The van der Waals surface area contributed by atoms with E-state index in [4.69, 9.17) is 15.5 Å². The molecule has 3 heterocycles. The van der Waals surface area contributed by atoms with E-state index in [0.29, 0.717) is 53.9 Å². The second kappa shape index (κ2) is 10.5. The standard InChI is InChI=1S/C31H31FN6O2/c1-19-7-5-8-25(32)28(19)21-16-22-23(15-20(21)17-33)29(34)35-18-24(22)26-9-6-10-27(36-26)37-11-13-38(14-12-37)30(39)40-31(2,3)4/h5-10,15-16,18H,11-14H2,1-4H3,(H2,34,35). The van der Waals surface area contributed by atoms with Gasteiger partial charge < -0.3 is 20.3 Å². The monoisotopic (exact) mass is 538 g/mol. The molecule has 40 heavy (non-hydrogen) atoms. The van der Waals surface area contributed by atoms with Crippen molar-refractivity contribution in [2.75, 3.05) is 36.8 Å². The van der Waals surface area contributed by atoms with Crippen molar-refractivity contribution in [3.63, 3.8) is 0 Å². The summed E-state index contributed by atoms with van der Waals surface area (Å²) in [5.41, 5.74) is 9.00. The Kier molecular flexibility index (Phi) is 7.03. The van der Waals surface area contributed by atoms with Crippen molar-refractivity contribution >= 4 is 28.5 Å². The number of carbonyl (C=O) groups is 1. The highest BCUT2D eigenvalue weighted by molar-refractivity contribution is 6.04. The van der Waals surface area contributed by atoms with Gasteiger partial charge in [-0.15, -0.1) is 0 Å². The molecule has 2 aromatic heterocycles. The lowest BCUT2D eigenvalue weighted by molar-refractivity contribution is 0.0240. The van der Waals surface area contributed by atoms with Crippen LogP contribution in [0, 0.1) is 24.1 Å². The SMILES string of the molecule is Cc1cccc(F)c1-c1cc2c(-c3cccc(N4CCN(C(=O)OC(C)(C)C)CC4)n3)cnc(N)c2cc1C#N. The van der Waals surface area contributed by atoms with Gasteiger partial charge in [0.1, 0.15) is 23.1 Å². The number of carbonyl (C=O) groups excluding carboxylic acids is 1. The maximum absolute atomic E-state index is 15.0. The quantitative estimate of drug-likeness (QED) is 0.345. The average molecular weight is 539 g/mol. The first-order valence-corrected chi connectivity index (χ1v) is 13.1. The molecule has 0 atom stereocenters. The van der Waals surface area contributed by atoms with Crippen molar-refractivity contribution in [2.45, 2.75) is 33.3 Å². The molecule has 0 radical (unpaired) electrons. The summed E-state index contributed by atoms with van der Waals surface area (Å²) in [7, 11) is 0. The highest BCUT2D eigenvalue weighted by Gasteiger charge is 2.26. The number of piperazine rings is 1. The molecule has 204 valence electrons. The molecule has 0 saturated carbocycles. The normalized spacial score (nSPS) is 13.8. The molecule has 0 unspecified atom stereocenters. The minimum atomic E-state index is -0.543. The number of pyridine rings is 2. The number of nitrogen functional groups attached to an aromatic ring is 1. The highest BCUT2D eigenvalue weighted by Crippen LogP contribution is 2.38. The molecule has 1 saturated heterocycles. The topological polar surface area (TPSA) is 108 Å². The number of benzene rings is 2. The lowest BCUT2D eigenvalue weighted by atomic mass is 9.91. The van der Waals surface area contributed by atoms with Crippen molar-refractivity contribution in [2.24, 2.45) is 0 Å². The molecule has 0 bridgehead atoms. The van der Waals surface area contributed by atoms with Crippen molar-refractivity contribution in [3.05, 3.63) is 71.7 Å². The number of nitrogens with two attached hydrogens (primary N) is 1. The van der Waals surface area contributed by atoms with Crippen LogP contribution in [-0.4, -0.2) is 52.7 Å². The van der Waals surface area contributed by atoms with Gasteiger partial charge in [0, 0.05) is 54.5 Å². The summed E-state index contributed by atoms with van der Waals surface area (Å²) in [4.78, 5) is 25.6. The molecule has 2 aromatic carbocycles. The fourth-order valence-electron chi connectivity index (χ4n) is 4.98. The third-order valence-electron chi connectivity index (χ3n) is 6.93. The Balaban J connectivity index is 1.51. The van der Waals surface area contributed by atoms with Gasteiger partial charge in [-0.2, -0.15) is 5.26 Å². The van der Waals surface area contributed by atoms with Gasteiger partial charge in [0.15, 0.2) is 0 Å². The Morgan fingerprint density at radius 1 is 1.05 bits per heavy atom. The number of nitrogens with zero attached hydrogens (tertiary/aromatic N) is 5. The van der Waals surface area contributed by atoms with Crippen LogP contribution >= 0.6 is 0 Å². The van der Waals surface area contributed by atoms with Crippen LogP contribution in [0.2, 0.25) is 0 Å². The van der Waals surface area contributed by atoms with Crippen molar-refractivity contribution < 1.29 is 13.9 Å². The molecule has 0 spiro atoms. The molecular weight excluding hydrogens is 507 g/mol. The number of ether oxygens (including phenoxy) is 1. The van der Waals surface area contributed by atoms with Crippen LogP contribution < -0.4 is 10.6 Å². The number of rotatable bonds is 3. The van der Waals surface area contributed by atoms with Gasteiger partial charge in [-0.25, -0.2) is 19.2 Å². The summed E-state index contributed by atoms with van der Waals surface area (Å²) in [6, 6.07) is 16.3. The fourth-order valence-corrected chi connectivity index (χ4v) is 4.98. The maximum Gasteiger partial charge on any atom is 0.410 e. The number of hydrogen-bond donors (Lipinski definition) is 1. The minimum Gasteiger partial charge on any atom is -0.444 e. The first kappa shape index (κ1) is 26.9. The Morgan fingerprint density at radius 3 is 2.45 bits per heavy atom. The molecule has 5 rings (SSSR count). The van der Waals surface area contributed by atoms with E-state index >= 15 is 0 Å². The van der Waals surface area contributed by atoms with Crippen LogP contribution in [0.25, 0.3) is 33.2 Å². The molecule has 1 amide bonds. The van der Waals surface area contributed by atoms with Gasteiger partial charge in [0.05, 0.1) is 17.3 Å². The number of fused-ring (bicyclic) bond motifs is 1. The smallest absolute Gasteiger partial charge is 0.410 e. The van der Waals surface area contributed by atoms with Crippen LogP contribution in [0.5, 0.6) is 0 Å². The Hall–Kier alpha value is -4.71. The zero-order valence-corrected chi connectivity index (χ0v) is 23.0. The molecule has 1 aliphatic heterocycles. The van der Waals surface area contributed by atoms with Crippen LogP contribution in [0.3, 0.4) is 0 Å². The van der Waals surface area contributed by atoms with E-state index in [0.717, 1.165) is 22.3 Å². The lowest BCUT2D eigenvalue weighted by Crippen LogP contribution is -2.50. The number of nitriles is 1. The molecule has 4 aromatic rings. The second-order valence-corrected chi connectivity index (χ2v) is 10.9. The van der Waals surface area contributed by atoms with Gasteiger partial charge in [0.2, 0.25) is 0 Å². The summed E-state index contributed by atoms with van der Waals surface area (Å²) < 4.78 is 20.5. The number of halogens is 1. The van der Waals surface area contributed by atoms with E-state index in [-0.39, 0.29) is 11.9 Å². The number of aryl methyl sites for hydroxylation is 1.